The zero-order chi connectivity index (χ0) is 19.7. The molecule has 0 aliphatic rings. The van der Waals surface area contributed by atoms with Gasteiger partial charge in [-0.2, -0.15) is 0 Å². The minimum Gasteiger partial charge on any atom is -0.478 e. The second-order valence-electron chi connectivity index (χ2n) is 6.64. The first kappa shape index (κ1) is 18.1. The zero-order valence-electron chi connectivity index (χ0n) is 15.3. The molecule has 1 N–H and O–H groups in total. The molecule has 0 aliphatic carbocycles. The van der Waals surface area contributed by atoms with E-state index < -0.39 is 5.97 Å². The number of benzene rings is 2. The Morgan fingerprint density at radius 2 is 1.82 bits per heavy atom. The van der Waals surface area contributed by atoms with Crippen molar-refractivity contribution >= 4 is 27.5 Å². The summed E-state index contributed by atoms with van der Waals surface area (Å²) >= 11 is 1.19. The largest absolute Gasteiger partial charge is 0.478 e. The molecule has 4 aromatic rings. The molecule has 2 heterocycles. The second-order valence-corrected chi connectivity index (χ2v) is 7.50. The molecule has 2 aromatic heterocycles. The summed E-state index contributed by atoms with van der Waals surface area (Å²) in [7, 11) is 0. The summed E-state index contributed by atoms with van der Waals surface area (Å²) in [6, 6.07) is 17.7. The lowest BCUT2D eigenvalue weighted by atomic mass is 10.1. The number of hydrogen-bond acceptors (Lipinski definition) is 4. The lowest BCUT2D eigenvalue weighted by Crippen LogP contribution is -2.27. The standard InChI is InChI=1S/C22H18N2O3S/c1-14-7-5-6-10-16(14)12-24-18(11-15-8-3-2-4-9-15)23-20-19(21(24)25)17(13-28-20)22(26)27/h2-10,13H,11-12H2,1H3,(H,26,27). The van der Waals surface area contributed by atoms with Gasteiger partial charge in [-0.3, -0.25) is 9.36 Å². The lowest BCUT2D eigenvalue weighted by Gasteiger charge is -2.14. The maximum atomic E-state index is 13.3. The monoisotopic (exact) mass is 390 g/mol. The Balaban J connectivity index is 1.92. The van der Waals surface area contributed by atoms with Crippen molar-refractivity contribution in [2.24, 2.45) is 0 Å². The van der Waals surface area contributed by atoms with Crippen LogP contribution in [0, 0.1) is 6.92 Å². The van der Waals surface area contributed by atoms with Gasteiger partial charge in [-0.05, 0) is 23.6 Å². The van der Waals surface area contributed by atoms with Crippen LogP contribution in [0.5, 0.6) is 0 Å². The molecule has 0 atom stereocenters. The summed E-state index contributed by atoms with van der Waals surface area (Å²) in [6.45, 7) is 2.35. The van der Waals surface area contributed by atoms with Crippen molar-refractivity contribution in [2.45, 2.75) is 19.9 Å². The smallest absolute Gasteiger partial charge is 0.337 e. The first-order valence-electron chi connectivity index (χ1n) is 8.87. The Labute approximate surface area is 165 Å². The Morgan fingerprint density at radius 3 is 2.54 bits per heavy atom. The minimum atomic E-state index is -1.11. The topological polar surface area (TPSA) is 72.2 Å². The molecule has 0 amide bonds. The number of fused-ring (bicyclic) bond motifs is 1. The minimum absolute atomic E-state index is 0.0160. The van der Waals surface area contributed by atoms with Gasteiger partial charge in [0.2, 0.25) is 0 Å². The van der Waals surface area contributed by atoms with Crippen LogP contribution in [0.25, 0.3) is 10.2 Å². The number of thiophene rings is 1. The summed E-state index contributed by atoms with van der Waals surface area (Å²) in [6.07, 6.45) is 0.498. The van der Waals surface area contributed by atoms with E-state index in [-0.39, 0.29) is 16.5 Å². The van der Waals surface area contributed by atoms with Crippen molar-refractivity contribution in [2.75, 3.05) is 0 Å². The van der Waals surface area contributed by atoms with Crippen LogP contribution in [-0.2, 0) is 13.0 Å². The van der Waals surface area contributed by atoms with Gasteiger partial charge in [0.25, 0.3) is 5.56 Å². The summed E-state index contributed by atoms with van der Waals surface area (Å²) in [5.74, 6) is -0.478. The Kier molecular flexibility index (Phi) is 4.79. The highest BCUT2D eigenvalue weighted by molar-refractivity contribution is 7.17. The Hall–Kier alpha value is -3.25. The van der Waals surface area contributed by atoms with E-state index in [0.717, 1.165) is 16.7 Å². The van der Waals surface area contributed by atoms with Crippen LogP contribution >= 0.6 is 11.3 Å². The molecule has 0 saturated heterocycles. The Bertz CT molecular complexity index is 1230. The summed E-state index contributed by atoms with van der Waals surface area (Å²) < 4.78 is 1.61. The van der Waals surface area contributed by atoms with Crippen molar-refractivity contribution in [3.05, 3.63) is 98.4 Å². The summed E-state index contributed by atoms with van der Waals surface area (Å²) in [4.78, 5) is 30.0. The molecule has 5 nitrogen and oxygen atoms in total. The average molecular weight is 390 g/mol. The van der Waals surface area contributed by atoms with E-state index in [2.05, 4.69) is 4.98 Å². The van der Waals surface area contributed by atoms with Crippen LogP contribution in [0.3, 0.4) is 0 Å². The van der Waals surface area contributed by atoms with Gasteiger partial charge in [-0.1, -0.05) is 54.6 Å². The molecule has 140 valence electrons. The average Bonchev–Trinajstić information content (AvgIpc) is 3.11. The molecule has 2 aromatic carbocycles. The van der Waals surface area contributed by atoms with E-state index in [0.29, 0.717) is 23.6 Å². The van der Waals surface area contributed by atoms with Crippen molar-refractivity contribution < 1.29 is 9.90 Å². The van der Waals surface area contributed by atoms with Gasteiger partial charge in [0, 0.05) is 11.8 Å². The van der Waals surface area contributed by atoms with Gasteiger partial charge in [0.05, 0.1) is 17.5 Å². The van der Waals surface area contributed by atoms with E-state index in [4.69, 9.17) is 0 Å². The number of carboxylic acid groups (broad SMARTS) is 1. The highest BCUT2D eigenvalue weighted by atomic mass is 32.1. The molecule has 6 heteroatoms. The van der Waals surface area contributed by atoms with Crippen LogP contribution in [0.15, 0.2) is 64.8 Å². The summed E-state index contributed by atoms with van der Waals surface area (Å²) in [5, 5.41) is 11.1. The zero-order valence-corrected chi connectivity index (χ0v) is 16.1. The van der Waals surface area contributed by atoms with E-state index >= 15 is 0 Å². The molecule has 4 rings (SSSR count). The molecule has 0 bridgehead atoms. The van der Waals surface area contributed by atoms with E-state index in [1.54, 1.807) is 4.57 Å². The first-order valence-corrected chi connectivity index (χ1v) is 9.75. The number of aromatic carboxylic acids is 1. The van der Waals surface area contributed by atoms with Gasteiger partial charge in [-0.15, -0.1) is 11.3 Å². The van der Waals surface area contributed by atoms with E-state index in [1.165, 1.54) is 16.7 Å². The van der Waals surface area contributed by atoms with Crippen LogP contribution in [0.2, 0.25) is 0 Å². The molecule has 0 aliphatic heterocycles. The molecule has 0 fully saturated rings. The second kappa shape index (κ2) is 7.40. The number of carboxylic acids is 1. The maximum Gasteiger partial charge on any atom is 0.337 e. The molecule has 0 unspecified atom stereocenters. The highest BCUT2D eigenvalue weighted by Crippen LogP contribution is 2.23. The Morgan fingerprint density at radius 1 is 1.11 bits per heavy atom. The van der Waals surface area contributed by atoms with Gasteiger partial charge >= 0.3 is 5.97 Å². The number of aromatic nitrogens is 2. The summed E-state index contributed by atoms with van der Waals surface area (Å²) in [5.41, 5.74) is 2.83. The maximum absolute atomic E-state index is 13.3. The number of hydrogen-bond donors (Lipinski definition) is 1. The first-order chi connectivity index (χ1) is 13.5. The SMILES string of the molecule is Cc1ccccc1Cn1c(Cc2ccccc2)nc2scc(C(=O)O)c2c1=O. The van der Waals surface area contributed by atoms with Gasteiger partial charge < -0.3 is 5.11 Å². The van der Waals surface area contributed by atoms with Crippen LogP contribution < -0.4 is 5.56 Å². The normalized spacial score (nSPS) is 11.0. The fourth-order valence-corrected chi connectivity index (χ4v) is 4.18. The van der Waals surface area contributed by atoms with Crippen LogP contribution in [0.4, 0.5) is 0 Å². The molecule has 28 heavy (non-hydrogen) atoms. The number of nitrogens with zero attached hydrogens (tertiary/aromatic N) is 2. The third kappa shape index (κ3) is 3.34. The van der Waals surface area contributed by atoms with E-state index in [9.17, 15) is 14.7 Å². The predicted octanol–water partition coefficient (Wildman–Crippen LogP) is 4.10. The van der Waals surface area contributed by atoms with Gasteiger partial charge in [0.15, 0.2) is 0 Å². The van der Waals surface area contributed by atoms with Crippen molar-refractivity contribution in [3.8, 4) is 0 Å². The number of rotatable bonds is 5. The van der Waals surface area contributed by atoms with Crippen LogP contribution in [0.1, 0.15) is 32.9 Å². The van der Waals surface area contributed by atoms with Crippen molar-refractivity contribution in [1.82, 2.24) is 9.55 Å². The fraction of sp³-hybridized carbons (Fsp3) is 0.136. The molecular weight excluding hydrogens is 372 g/mol. The van der Waals surface area contributed by atoms with Crippen molar-refractivity contribution in [3.63, 3.8) is 0 Å². The molecule has 0 radical (unpaired) electrons. The van der Waals surface area contributed by atoms with E-state index in [1.807, 2.05) is 61.5 Å². The predicted molar refractivity (Wildman–Crippen MR) is 110 cm³/mol. The molecule has 0 spiro atoms. The van der Waals surface area contributed by atoms with Crippen molar-refractivity contribution in [1.29, 1.82) is 0 Å². The quantitative estimate of drug-likeness (QED) is 0.557. The number of aryl methyl sites for hydroxylation is 1. The fourth-order valence-electron chi connectivity index (χ4n) is 3.26. The van der Waals surface area contributed by atoms with Gasteiger partial charge in [0.1, 0.15) is 10.7 Å². The number of carbonyl (C=O) groups is 1. The lowest BCUT2D eigenvalue weighted by molar-refractivity contribution is 0.0699. The third-order valence-electron chi connectivity index (χ3n) is 4.80. The third-order valence-corrected chi connectivity index (χ3v) is 5.67. The van der Waals surface area contributed by atoms with Crippen LogP contribution in [-0.4, -0.2) is 20.6 Å². The highest BCUT2D eigenvalue weighted by Gasteiger charge is 2.20. The van der Waals surface area contributed by atoms with Gasteiger partial charge in [-0.25, -0.2) is 9.78 Å². The molecule has 0 saturated carbocycles. The molecular formula is C22H18N2O3S.